The maximum absolute atomic E-state index is 11.7. The van der Waals surface area contributed by atoms with Gasteiger partial charge in [-0.05, 0) is 32.2 Å². The molecule has 1 aromatic rings. The molecule has 0 aliphatic carbocycles. The number of hydrogen-bond acceptors (Lipinski definition) is 5. The zero-order valence-corrected chi connectivity index (χ0v) is 12.0. The maximum Gasteiger partial charge on any atom is 0.285 e. The summed E-state index contributed by atoms with van der Waals surface area (Å²) in [5, 5.41) is 19.7. The molecule has 1 fully saturated rings. The molecule has 1 N–H and O–H groups in total. The van der Waals surface area contributed by atoms with Crippen LogP contribution in [0.4, 0.5) is 5.69 Å². The lowest BCUT2D eigenvalue weighted by atomic mass is 10.1. The van der Waals surface area contributed by atoms with E-state index in [9.17, 15) is 14.9 Å². The van der Waals surface area contributed by atoms with Gasteiger partial charge in [-0.2, -0.15) is 0 Å². The summed E-state index contributed by atoms with van der Waals surface area (Å²) < 4.78 is 1.40. The number of nitro groups is 1. The number of aliphatic hydroxyl groups excluding tert-OH is 1. The molecule has 1 aliphatic rings. The van der Waals surface area contributed by atoms with E-state index in [1.807, 2.05) is 0 Å². The van der Waals surface area contributed by atoms with Crippen LogP contribution >= 0.6 is 0 Å². The third-order valence-electron chi connectivity index (χ3n) is 4.00. The van der Waals surface area contributed by atoms with Crippen LogP contribution in [-0.2, 0) is 6.54 Å². The Hall–Kier alpha value is -1.73. The molecule has 21 heavy (non-hydrogen) atoms. The van der Waals surface area contributed by atoms with Crippen molar-refractivity contribution >= 4 is 5.69 Å². The second-order valence-electron chi connectivity index (χ2n) is 5.37. The molecule has 0 aromatic carbocycles. The van der Waals surface area contributed by atoms with Crippen LogP contribution in [0.1, 0.15) is 25.7 Å². The van der Waals surface area contributed by atoms with Crippen LogP contribution in [0.25, 0.3) is 0 Å². The Morgan fingerprint density at radius 2 is 2.19 bits per heavy atom. The summed E-state index contributed by atoms with van der Waals surface area (Å²) in [7, 11) is 0. The summed E-state index contributed by atoms with van der Waals surface area (Å²) in [5.41, 5.74) is -0.278. The van der Waals surface area contributed by atoms with Crippen molar-refractivity contribution in [2.75, 3.05) is 19.7 Å². The van der Waals surface area contributed by atoms with Crippen molar-refractivity contribution in [3.63, 3.8) is 0 Å². The van der Waals surface area contributed by atoms with Crippen LogP contribution in [0, 0.1) is 10.1 Å². The first-order chi connectivity index (χ1) is 10.1. The van der Waals surface area contributed by atoms with Crippen molar-refractivity contribution in [3.05, 3.63) is 38.8 Å². The molecule has 1 aromatic heterocycles. The van der Waals surface area contributed by atoms with E-state index in [4.69, 9.17) is 5.11 Å². The Kier molecular flexibility index (Phi) is 5.46. The van der Waals surface area contributed by atoms with E-state index in [-0.39, 0.29) is 17.9 Å². The van der Waals surface area contributed by atoms with E-state index >= 15 is 0 Å². The Balaban J connectivity index is 1.97. The number of rotatable bonds is 7. The average Bonchev–Trinajstić information content (AvgIpc) is 2.91. The lowest BCUT2D eigenvalue weighted by molar-refractivity contribution is -0.385. The van der Waals surface area contributed by atoms with Crippen molar-refractivity contribution in [1.29, 1.82) is 0 Å². The largest absolute Gasteiger partial charge is 0.396 e. The van der Waals surface area contributed by atoms with Crippen LogP contribution in [0.5, 0.6) is 0 Å². The fraction of sp³-hybridized carbons (Fsp3) is 0.643. The van der Waals surface area contributed by atoms with Crippen LogP contribution in [0.3, 0.4) is 0 Å². The van der Waals surface area contributed by atoms with Crippen LogP contribution in [-0.4, -0.2) is 45.2 Å². The molecule has 116 valence electrons. The summed E-state index contributed by atoms with van der Waals surface area (Å²) in [5.74, 6) is 0. The third kappa shape index (κ3) is 4.12. The molecule has 0 radical (unpaired) electrons. The van der Waals surface area contributed by atoms with Gasteiger partial charge in [0.1, 0.15) is 0 Å². The van der Waals surface area contributed by atoms with Crippen molar-refractivity contribution in [1.82, 2.24) is 9.47 Å². The Morgan fingerprint density at radius 1 is 1.38 bits per heavy atom. The van der Waals surface area contributed by atoms with E-state index in [0.717, 1.165) is 32.2 Å². The molecule has 0 bridgehead atoms. The molecular formula is C14H21N3O4. The summed E-state index contributed by atoms with van der Waals surface area (Å²) in [4.78, 5) is 24.3. The van der Waals surface area contributed by atoms with Gasteiger partial charge in [-0.3, -0.25) is 19.8 Å². The first-order valence-corrected chi connectivity index (χ1v) is 7.31. The number of hydrogen-bond donors (Lipinski definition) is 1. The van der Waals surface area contributed by atoms with Crippen molar-refractivity contribution in [2.24, 2.45) is 0 Å². The molecule has 7 heteroatoms. The van der Waals surface area contributed by atoms with Gasteiger partial charge in [-0.25, -0.2) is 0 Å². The highest BCUT2D eigenvalue weighted by atomic mass is 16.6. The van der Waals surface area contributed by atoms with Crippen molar-refractivity contribution in [3.8, 4) is 0 Å². The van der Waals surface area contributed by atoms with Gasteiger partial charge in [0.15, 0.2) is 0 Å². The Bertz CT molecular complexity index is 543. The summed E-state index contributed by atoms with van der Waals surface area (Å²) in [6.07, 6.45) is 5.29. The van der Waals surface area contributed by atoms with Gasteiger partial charge in [0.25, 0.3) is 11.2 Å². The van der Waals surface area contributed by atoms with E-state index in [2.05, 4.69) is 4.90 Å². The molecule has 1 unspecified atom stereocenters. The molecule has 2 heterocycles. The van der Waals surface area contributed by atoms with E-state index < -0.39 is 4.92 Å². The van der Waals surface area contributed by atoms with Crippen LogP contribution in [0.15, 0.2) is 23.1 Å². The fourth-order valence-electron chi connectivity index (χ4n) is 2.88. The summed E-state index contributed by atoms with van der Waals surface area (Å²) >= 11 is 0. The number of aliphatic hydroxyl groups is 1. The molecule has 0 spiro atoms. The normalized spacial score (nSPS) is 19.0. The molecule has 0 amide bonds. The predicted octanol–water partition coefficient (Wildman–Crippen LogP) is 0.993. The maximum atomic E-state index is 11.7. The van der Waals surface area contributed by atoms with Gasteiger partial charge in [-0.1, -0.05) is 0 Å². The molecule has 1 aliphatic heterocycles. The fourth-order valence-corrected chi connectivity index (χ4v) is 2.88. The molecule has 1 atom stereocenters. The Morgan fingerprint density at radius 3 is 2.90 bits per heavy atom. The van der Waals surface area contributed by atoms with E-state index in [1.165, 1.54) is 22.9 Å². The molecular weight excluding hydrogens is 274 g/mol. The summed E-state index contributed by atoms with van der Waals surface area (Å²) in [6, 6.07) is 2.93. The highest BCUT2D eigenvalue weighted by Gasteiger charge is 2.23. The minimum atomic E-state index is -0.490. The third-order valence-corrected chi connectivity index (χ3v) is 4.00. The topological polar surface area (TPSA) is 88.6 Å². The first-order valence-electron chi connectivity index (χ1n) is 7.31. The van der Waals surface area contributed by atoms with Crippen LogP contribution < -0.4 is 5.56 Å². The Labute approximate surface area is 123 Å². The van der Waals surface area contributed by atoms with E-state index in [0.29, 0.717) is 19.1 Å². The molecule has 1 saturated heterocycles. The van der Waals surface area contributed by atoms with Crippen LogP contribution in [0.2, 0.25) is 0 Å². The molecule has 7 nitrogen and oxygen atoms in total. The smallest absolute Gasteiger partial charge is 0.285 e. The minimum Gasteiger partial charge on any atom is -0.396 e. The lowest BCUT2D eigenvalue weighted by Crippen LogP contribution is -2.34. The van der Waals surface area contributed by atoms with Crippen molar-refractivity contribution in [2.45, 2.75) is 38.3 Å². The summed E-state index contributed by atoms with van der Waals surface area (Å²) in [6.45, 7) is 2.35. The lowest BCUT2D eigenvalue weighted by Gasteiger charge is -2.24. The predicted molar refractivity (Wildman–Crippen MR) is 78.3 cm³/mol. The van der Waals surface area contributed by atoms with Gasteiger partial charge in [0.2, 0.25) is 0 Å². The number of nitrogens with zero attached hydrogens (tertiary/aromatic N) is 3. The zero-order chi connectivity index (χ0) is 15.2. The number of aromatic nitrogens is 1. The zero-order valence-electron chi connectivity index (χ0n) is 12.0. The highest BCUT2D eigenvalue weighted by molar-refractivity contribution is 5.24. The quantitative estimate of drug-likeness (QED) is 0.598. The average molecular weight is 295 g/mol. The monoisotopic (exact) mass is 295 g/mol. The van der Waals surface area contributed by atoms with Gasteiger partial charge < -0.3 is 9.67 Å². The second-order valence-corrected chi connectivity index (χ2v) is 5.37. The van der Waals surface area contributed by atoms with E-state index in [1.54, 1.807) is 0 Å². The van der Waals surface area contributed by atoms with Gasteiger partial charge in [-0.15, -0.1) is 0 Å². The van der Waals surface area contributed by atoms with Gasteiger partial charge in [0.05, 0.1) is 11.1 Å². The number of likely N-dealkylation sites (tertiary alicyclic amines) is 1. The SMILES string of the molecule is O=c1ccc([N+](=O)[O-])cn1CCN1CCCC1CCCO. The second kappa shape index (κ2) is 7.33. The van der Waals surface area contributed by atoms with Gasteiger partial charge in [0, 0.05) is 37.9 Å². The molecule has 0 saturated carbocycles. The standard InChI is InChI=1S/C14H21N3O4/c18-10-2-4-12-3-1-7-15(12)8-9-16-11-13(17(20)21)5-6-14(16)19/h5-6,11-12,18H,1-4,7-10H2. The molecule has 2 rings (SSSR count). The van der Waals surface area contributed by atoms with Crippen molar-refractivity contribution < 1.29 is 10.0 Å². The minimum absolute atomic E-state index is 0.0622. The first kappa shape index (κ1) is 15.7. The highest BCUT2D eigenvalue weighted by Crippen LogP contribution is 2.21. The number of pyridine rings is 1. The van der Waals surface area contributed by atoms with Gasteiger partial charge >= 0.3 is 0 Å².